The summed E-state index contributed by atoms with van der Waals surface area (Å²) in [7, 11) is 0. The number of ether oxygens (including phenoxy) is 2. The van der Waals surface area contributed by atoms with Gasteiger partial charge in [-0.25, -0.2) is 0 Å². The molecular weight excluding hydrogens is 584 g/mol. The topological polar surface area (TPSA) is 71.0 Å². The van der Waals surface area contributed by atoms with Crippen LogP contribution in [0.5, 0.6) is 0 Å². The van der Waals surface area contributed by atoms with E-state index in [2.05, 4.69) is 72.3 Å². The fourth-order valence-corrected chi connectivity index (χ4v) is 7.01. The van der Waals surface area contributed by atoms with Gasteiger partial charge in [0.25, 0.3) is 5.91 Å². The lowest BCUT2D eigenvalue weighted by Crippen LogP contribution is -2.47. The molecule has 1 aliphatic heterocycles. The molecule has 1 aliphatic carbocycles. The summed E-state index contributed by atoms with van der Waals surface area (Å²) in [6.45, 7) is 8.39. The molecular formula is C41H46N2O4. The first-order chi connectivity index (χ1) is 23.0. The second-order valence-corrected chi connectivity index (χ2v) is 12.8. The summed E-state index contributed by atoms with van der Waals surface area (Å²) in [4.78, 5) is 15.3. The highest BCUT2D eigenvalue weighted by Crippen LogP contribution is 2.42. The molecule has 6 rings (SSSR count). The Balaban J connectivity index is 1.23. The van der Waals surface area contributed by atoms with Crippen LogP contribution in [0.4, 0.5) is 0 Å². The number of nitrogens with one attached hydrogen (secondary N) is 1. The van der Waals surface area contributed by atoms with Crippen LogP contribution in [-0.2, 0) is 22.6 Å². The quantitative estimate of drug-likeness (QED) is 0.155. The Kier molecular flexibility index (Phi) is 11.0. The lowest BCUT2D eigenvalue weighted by molar-refractivity contribution is -0.276. The third-order valence-electron chi connectivity index (χ3n) is 9.73. The lowest BCUT2D eigenvalue weighted by Gasteiger charge is -2.43. The zero-order valence-electron chi connectivity index (χ0n) is 27.3. The van der Waals surface area contributed by atoms with Crippen LogP contribution in [0.2, 0.25) is 0 Å². The third-order valence-corrected chi connectivity index (χ3v) is 9.73. The van der Waals surface area contributed by atoms with Crippen LogP contribution >= 0.6 is 0 Å². The zero-order valence-corrected chi connectivity index (χ0v) is 27.3. The van der Waals surface area contributed by atoms with E-state index in [-0.39, 0.29) is 30.6 Å². The van der Waals surface area contributed by atoms with Crippen molar-refractivity contribution in [2.75, 3.05) is 13.1 Å². The number of benzene rings is 4. The van der Waals surface area contributed by atoms with Gasteiger partial charge >= 0.3 is 0 Å². The maximum absolute atomic E-state index is 12.7. The molecule has 4 atom stereocenters. The maximum atomic E-state index is 12.7. The number of rotatable bonds is 12. The SMILES string of the molecule is C=CCN(C[C@H]1O[C@@H](c2ccc(-c3ccccc3CNC(=O)c3ccccc3)cc2)O[C@@H](c2ccc(CO)cc2)[C@H]1C)C1CCCC1. The van der Waals surface area contributed by atoms with Crippen molar-refractivity contribution in [1.29, 1.82) is 0 Å². The number of carbonyl (C=O) groups is 1. The van der Waals surface area contributed by atoms with Crippen LogP contribution in [0.3, 0.4) is 0 Å². The van der Waals surface area contributed by atoms with E-state index in [9.17, 15) is 9.90 Å². The summed E-state index contributed by atoms with van der Waals surface area (Å²) in [5, 5.41) is 12.7. The van der Waals surface area contributed by atoms with Crippen LogP contribution in [0, 0.1) is 5.92 Å². The second-order valence-electron chi connectivity index (χ2n) is 12.8. The van der Waals surface area contributed by atoms with Gasteiger partial charge in [-0.15, -0.1) is 6.58 Å². The highest BCUT2D eigenvalue weighted by molar-refractivity contribution is 5.94. The van der Waals surface area contributed by atoms with E-state index in [1.165, 1.54) is 25.7 Å². The average Bonchev–Trinajstić information content (AvgIpc) is 3.67. The number of carbonyl (C=O) groups excluding carboxylic acids is 1. The Morgan fingerprint density at radius 1 is 0.894 bits per heavy atom. The first kappa shape index (κ1) is 32.9. The first-order valence-electron chi connectivity index (χ1n) is 16.9. The molecule has 2 aliphatic rings. The lowest BCUT2D eigenvalue weighted by atomic mass is 9.89. The average molecular weight is 631 g/mol. The number of aliphatic hydroxyl groups is 1. The largest absolute Gasteiger partial charge is 0.392 e. The number of amides is 1. The molecule has 47 heavy (non-hydrogen) atoms. The van der Waals surface area contributed by atoms with Gasteiger partial charge in [0.2, 0.25) is 0 Å². The van der Waals surface area contributed by atoms with Crippen molar-refractivity contribution in [2.24, 2.45) is 5.92 Å². The van der Waals surface area contributed by atoms with Crippen molar-refractivity contribution in [3.8, 4) is 11.1 Å². The minimum Gasteiger partial charge on any atom is -0.392 e. The summed E-state index contributed by atoms with van der Waals surface area (Å²) < 4.78 is 13.6. The van der Waals surface area contributed by atoms with Crippen molar-refractivity contribution in [3.63, 3.8) is 0 Å². The standard InChI is InChI=1S/C41H46N2O4/c1-3-25-43(36-14-8-9-15-36)27-38-29(2)39(32-19-17-30(28-44)18-20-32)47-41(46-38)34-23-21-31(22-24-34)37-16-10-7-13-35(37)26-42-40(45)33-11-5-4-6-12-33/h3-7,10-13,16-24,29,36,38-39,41,44H,1,8-9,14-15,25-28H2,2H3,(H,42,45)/t29-,38+,39+,41+/m0/s1. The number of hydrogen-bond acceptors (Lipinski definition) is 5. The van der Waals surface area contributed by atoms with Crippen molar-refractivity contribution >= 4 is 5.91 Å². The normalized spacial score (nSPS) is 21.5. The van der Waals surface area contributed by atoms with Crippen molar-refractivity contribution in [3.05, 3.63) is 144 Å². The summed E-state index contributed by atoms with van der Waals surface area (Å²) in [6, 6.07) is 34.5. The third kappa shape index (κ3) is 7.91. The molecule has 244 valence electrons. The number of aliphatic hydroxyl groups excluding tert-OH is 1. The van der Waals surface area contributed by atoms with Gasteiger partial charge in [0.1, 0.15) is 0 Å². The molecule has 2 fully saturated rings. The summed E-state index contributed by atoms with van der Waals surface area (Å²) in [5.74, 6) is 0.0310. The molecule has 6 nitrogen and oxygen atoms in total. The molecule has 0 aromatic heterocycles. The van der Waals surface area contributed by atoms with Crippen LogP contribution in [0.15, 0.2) is 116 Å². The first-order valence-corrected chi connectivity index (χ1v) is 16.9. The van der Waals surface area contributed by atoms with Gasteiger partial charge in [-0.05, 0) is 52.8 Å². The predicted molar refractivity (Wildman–Crippen MR) is 186 cm³/mol. The number of hydrogen-bond donors (Lipinski definition) is 2. The molecule has 4 aromatic rings. The van der Waals surface area contributed by atoms with Crippen molar-refractivity contribution < 1.29 is 19.4 Å². The second kappa shape index (κ2) is 15.7. The monoisotopic (exact) mass is 630 g/mol. The Morgan fingerprint density at radius 3 is 2.28 bits per heavy atom. The molecule has 1 amide bonds. The Morgan fingerprint density at radius 2 is 1.57 bits per heavy atom. The fraction of sp³-hybridized carbons (Fsp3) is 0.341. The minimum atomic E-state index is -0.526. The fourth-order valence-electron chi connectivity index (χ4n) is 7.01. The van der Waals surface area contributed by atoms with Crippen LogP contribution in [0.25, 0.3) is 11.1 Å². The highest BCUT2D eigenvalue weighted by atomic mass is 16.7. The molecule has 1 saturated carbocycles. The molecule has 0 bridgehead atoms. The predicted octanol–water partition coefficient (Wildman–Crippen LogP) is 8.00. The maximum Gasteiger partial charge on any atom is 0.251 e. The summed E-state index contributed by atoms with van der Waals surface area (Å²) >= 11 is 0. The molecule has 2 N–H and O–H groups in total. The highest BCUT2D eigenvalue weighted by Gasteiger charge is 2.40. The van der Waals surface area contributed by atoms with E-state index in [1.54, 1.807) is 0 Å². The Labute approximate surface area is 279 Å². The van der Waals surface area contributed by atoms with Gasteiger partial charge in [0.15, 0.2) is 6.29 Å². The minimum absolute atomic E-state index is 0.0164. The van der Waals surface area contributed by atoms with Crippen LogP contribution in [0.1, 0.15) is 77.6 Å². The molecule has 4 aromatic carbocycles. The van der Waals surface area contributed by atoms with Gasteiger partial charge in [0.05, 0.1) is 18.8 Å². The summed E-state index contributed by atoms with van der Waals surface area (Å²) in [6.07, 6.45) is 6.29. The van der Waals surface area contributed by atoms with Crippen molar-refractivity contribution in [2.45, 2.75) is 70.3 Å². The molecule has 0 radical (unpaired) electrons. The molecule has 1 saturated heterocycles. The summed E-state index contributed by atoms with van der Waals surface area (Å²) in [5.41, 5.74) is 6.77. The van der Waals surface area contributed by atoms with Gasteiger partial charge in [0, 0.05) is 42.7 Å². The van der Waals surface area contributed by atoms with E-state index < -0.39 is 6.29 Å². The van der Waals surface area contributed by atoms with Gasteiger partial charge < -0.3 is 19.9 Å². The Hall–Kier alpha value is -4.07. The van der Waals surface area contributed by atoms with E-state index in [0.717, 1.165) is 46.5 Å². The van der Waals surface area contributed by atoms with Crippen LogP contribution < -0.4 is 5.32 Å². The van der Waals surface area contributed by atoms with E-state index in [1.807, 2.05) is 60.7 Å². The van der Waals surface area contributed by atoms with E-state index in [4.69, 9.17) is 9.47 Å². The van der Waals surface area contributed by atoms with Crippen molar-refractivity contribution in [1.82, 2.24) is 10.2 Å². The van der Waals surface area contributed by atoms with Crippen LogP contribution in [-0.4, -0.2) is 41.1 Å². The van der Waals surface area contributed by atoms with Gasteiger partial charge in [-0.2, -0.15) is 0 Å². The molecule has 6 heteroatoms. The Bertz CT molecular complexity index is 1600. The molecule has 0 unspecified atom stereocenters. The van der Waals surface area contributed by atoms with E-state index in [0.29, 0.717) is 18.2 Å². The molecule has 0 spiro atoms. The number of nitrogens with zero attached hydrogens (tertiary/aromatic N) is 1. The smallest absolute Gasteiger partial charge is 0.251 e. The van der Waals surface area contributed by atoms with Gasteiger partial charge in [-0.3, -0.25) is 9.69 Å². The van der Waals surface area contributed by atoms with E-state index >= 15 is 0 Å². The van der Waals surface area contributed by atoms with Gasteiger partial charge in [-0.1, -0.05) is 117 Å². The zero-order chi connectivity index (χ0) is 32.6. The molecule has 1 heterocycles.